The number of carbonyl (C=O) groups is 1. The van der Waals surface area contributed by atoms with Gasteiger partial charge in [0, 0.05) is 19.6 Å². The Bertz CT molecular complexity index is 484. The van der Waals surface area contributed by atoms with E-state index in [4.69, 9.17) is 4.74 Å². The Morgan fingerprint density at radius 1 is 1.32 bits per heavy atom. The van der Waals surface area contributed by atoms with E-state index in [1.165, 1.54) is 5.56 Å². The van der Waals surface area contributed by atoms with Crippen LogP contribution in [0, 0.1) is 17.8 Å². The van der Waals surface area contributed by atoms with Gasteiger partial charge in [-0.3, -0.25) is 9.69 Å². The van der Waals surface area contributed by atoms with Crippen molar-refractivity contribution in [1.29, 1.82) is 0 Å². The number of carboxylic acids is 1. The summed E-state index contributed by atoms with van der Waals surface area (Å²) >= 11 is 0. The van der Waals surface area contributed by atoms with Crippen LogP contribution in [0.2, 0.25) is 0 Å². The zero-order chi connectivity index (χ0) is 16.1. The Balaban J connectivity index is 1.91. The standard InChI is InChI=1S/C18H27NO3/c1-13(2)12-22-17-6-4-15(5-7-17)10-19-9-14(3)8-16(11-19)18(20)21/h4-7,13-14,16H,8-12H2,1-3H3,(H,20,21). The minimum atomic E-state index is -0.672. The average molecular weight is 305 g/mol. The van der Waals surface area contributed by atoms with Crippen molar-refractivity contribution in [3.63, 3.8) is 0 Å². The zero-order valence-corrected chi connectivity index (χ0v) is 13.8. The van der Waals surface area contributed by atoms with E-state index < -0.39 is 5.97 Å². The van der Waals surface area contributed by atoms with Crippen LogP contribution in [0.15, 0.2) is 24.3 Å². The van der Waals surface area contributed by atoms with Gasteiger partial charge in [-0.15, -0.1) is 0 Å². The highest BCUT2D eigenvalue weighted by atomic mass is 16.5. The maximum Gasteiger partial charge on any atom is 0.307 e. The van der Waals surface area contributed by atoms with E-state index in [0.717, 1.165) is 31.9 Å². The third-order valence-electron chi connectivity index (χ3n) is 4.00. The van der Waals surface area contributed by atoms with Gasteiger partial charge in [-0.1, -0.05) is 32.9 Å². The minimum Gasteiger partial charge on any atom is -0.493 e. The first-order valence-corrected chi connectivity index (χ1v) is 8.11. The van der Waals surface area contributed by atoms with Gasteiger partial charge in [-0.05, 0) is 36.0 Å². The monoisotopic (exact) mass is 305 g/mol. The molecule has 1 N–H and O–H groups in total. The van der Waals surface area contributed by atoms with Crippen LogP contribution in [-0.2, 0) is 11.3 Å². The van der Waals surface area contributed by atoms with Crippen molar-refractivity contribution in [3.05, 3.63) is 29.8 Å². The number of carboxylic acid groups (broad SMARTS) is 1. The molecule has 2 atom stereocenters. The van der Waals surface area contributed by atoms with Crippen molar-refractivity contribution in [2.24, 2.45) is 17.8 Å². The average Bonchev–Trinajstić information content (AvgIpc) is 2.46. The number of rotatable bonds is 6. The van der Waals surface area contributed by atoms with Gasteiger partial charge < -0.3 is 9.84 Å². The summed E-state index contributed by atoms with van der Waals surface area (Å²) in [6.45, 7) is 9.53. The minimum absolute atomic E-state index is 0.239. The predicted molar refractivity (Wildman–Crippen MR) is 87.0 cm³/mol. The number of hydrogen-bond acceptors (Lipinski definition) is 3. The molecule has 0 aromatic heterocycles. The highest BCUT2D eigenvalue weighted by molar-refractivity contribution is 5.70. The normalized spacial score (nSPS) is 22.7. The summed E-state index contributed by atoms with van der Waals surface area (Å²) in [7, 11) is 0. The molecule has 0 aliphatic carbocycles. The Morgan fingerprint density at radius 3 is 2.59 bits per heavy atom. The fourth-order valence-electron chi connectivity index (χ4n) is 2.98. The lowest BCUT2D eigenvalue weighted by Crippen LogP contribution is -2.41. The Morgan fingerprint density at radius 2 is 2.00 bits per heavy atom. The summed E-state index contributed by atoms with van der Waals surface area (Å²) in [6.07, 6.45) is 0.786. The molecule has 1 aliphatic heterocycles. The van der Waals surface area contributed by atoms with Crippen LogP contribution in [0.4, 0.5) is 0 Å². The van der Waals surface area contributed by atoms with Gasteiger partial charge in [-0.25, -0.2) is 0 Å². The molecule has 1 fully saturated rings. The van der Waals surface area contributed by atoms with Gasteiger partial charge in [-0.2, -0.15) is 0 Å². The molecular formula is C18H27NO3. The van der Waals surface area contributed by atoms with Crippen LogP contribution >= 0.6 is 0 Å². The second-order valence-electron chi connectivity index (χ2n) is 6.92. The topological polar surface area (TPSA) is 49.8 Å². The van der Waals surface area contributed by atoms with Gasteiger partial charge in [0.2, 0.25) is 0 Å². The molecule has 0 amide bonds. The quantitative estimate of drug-likeness (QED) is 0.876. The fourth-order valence-corrected chi connectivity index (χ4v) is 2.98. The molecule has 0 spiro atoms. The lowest BCUT2D eigenvalue weighted by molar-refractivity contribution is -0.144. The summed E-state index contributed by atoms with van der Waals surface area (Å²) in [4.78, 5) is 13.5. The number of aliphatic carboxylic acids is 1. The maximum atomic E-state index is 11.2. The molecule has 0 bridgehead atoms. The molecule has 2 rings (SSSR count). The van der Waals surface area contributed by atoms with Gasteiger partial charge in [0.15, 0.2) is 0 Å². The van der Waals surface area contributed by atoms with Crippen molar-refractivity contribution in [1.82, 2.24) is 4.90 Å². The molecule has 0 radical (unpaired) electrons. The largest absolute Gasteiger partial charge is 0.493 e. The molecule has 1 aliphatic rings. The maximum absolute atomic E-state index is 11.2. The molecule has 1 aromatic rings. The first-order valence-electron chi connectivity index (χ1n) is 8.11. The van der Waals surface area contributed by atoms with E-state index >= 15 is 0 Å². The Kier molecular flexibility index (Phi) is 5.83. The fraction of sp³-hybridized carbons (Fsp3) is 0.611. The number of hydrogen-bond donors (Lipinski definition) is 1. The van der Waals surface area contributed by atoms with E-state index in [0.29, 0.717) is 18.4 Å². The molecule has 122 valence electrons. The van der Waals surface area contributed by atoms with Gasteiger partial charge in [0.25, 0.3) is 0 Å². The Labute approximate surface area is 133 Å². The molecule has 0 saturated carbocycles. The van der Waals surface area contributed by atoms with Crippen LogP contribution in [0.3, 0.4) is 0 Å². The van der Waals surface area contributed by atoms with Crippen LogP contribution in [-0.4, -0.2) is 35.7 Å². The lowest BCUT2D eigenvalue weighted by atomic mass is 9.90. The first kappa shape index (κ1) is 16.8. The van der Waals surface area contributed by atoms with E-state index in [-0.39, 0.29) is 5.92 Å². The number of ether oxygens (including phenoxy) is 1. The van der Waals surface area contributed by atoms with Crippen LogP contribution in [0.5, 0.6) is 5.75 Å². The predicted octanol–water partition coefficient (Wildman–Crippen LogP) is 3.26. The van der Waals surface area contributed by atoms with E-state index in [1.807, 2.05) is 12.1 Å². The third-order valence-corrected chi connectivity index (χ3v) is 4.00. The summed E-state index contributed by atoms with van der Waals surface area (Å²) in [6, 6.07) is 8.15. The van der Waals surface area contributed by atoms with E-state index in [2.05, 4.69) is 37.8 Å². The lowest BCUT2D eigenvalue weighted by Gasteiger charge is -2.34. The number of nitrogens with zero attached hydrogens (tertiary/aromatic N) is 1. The van der Waals surface area contributed by atoms with Gasteiger partial charge in [0.05, 0.1) is 12.5 Å². The highest BCUT2D eigenvalue weighted by Crippen LogP contribution is 2.24. The van der Waals surface area contributed by atoms with Crippen LogP contribution in [0.25, 0.3) is 0 Å². The molecule has 1 aromatic carbocycles. The second-order valence-corrected chi connectivity index (χ2v) is 6.92. The summed E-state index contributed by atoms with van der Waals surface area (Å²) in [5.41, 5.74) is 1.20. The van der Waals surface area contributed by atoms with Gasteiger partial charge in [0.1, 0.15) is 5.75 Å². The van der Waals surface area contributed by atoms with Crippen molar-refractivity contribution in [2.75, 3.05) is 19.7 Å². The number of likely N-dealkylation sites (tertiary alicyclic amines) is 1. The summed E-state index contributed by atoms with van der Waals surface area (Å²) in [5.74, 6) is 0.935. The van der Waals surface area contributed by atoms with Crippen molar-refractivity contribution in [2.45, 2.75) is 33.7 Å². The summed E-state index contributed by atoms with van der Waals surface area (Å²) < 4.78 is 5.69. The molecule has 2 unspecified atom stereocenters. The SMILES string of the molecule is CC(C)COc1ccc(CN2CC(C)CC(C(=O)O)C2)cc1. The van der Waals surface area contributed by atoms with Crippen LogP contribution < -0.4 is 4.74 Å². The zero-order valence-electron chi connectivity index (χ0n) is 13.8. The first-order chi connectivity index (χ1) is 10.4. The second kappa shape index (κ2) is 7.63. The molecule has 22 heavy (non-hydrogen) atoms. The third kappa shape index (κ3) is 5.02. The van der Waals surface area contributed by atoms with Crippen molar-refractivity contribution in [3.8, 4) is 5.75 Å². The molecule has 4 heteroatoms. The smallest absolute Gasteiger partial charge is 0.307 e. The summed E-state index contributed by atoms with van der Waals surface area (Å²) in [5, 5.41) is 9.24. The number of piperidine rings is 1. The van der Waals surface area contributed by atoms with Crippen LogP contribution in [0.1, 0.15) is 32.8 Å². The molecular weight excluding hydrogens is 278 g/mol. The van der Waals surface area contributed by atoms with Crippen molar-refractivity contribution < 1.29 is 14.6 Å². The number of benzene rings is 1. The van der Waals surface area contributed by atoms with Gasteiger partial charge >= 0.3 is 5.97 Å². The molecule has 4 nitrogen and oxygen atoms in total. The molecule has 1 saturated heterocycles. The highest BCUT2D eigenvalue weighted by Gasteiger charge is 2.29. The Hall–Kier alpha value is -1.55. The van der Waals surface area contributed by atoms with Crippen molar-refractivity contribution >= 4 is 5.97 Å². The van der Waals surface area contributed by atoms with E-state index in [1.54, 1.807) is 0 Å². The molecule has 1 heterocycles. The van der Waals surface area contributed by atoms with E-state index in [9.17, 15) is 9.90 Å².